The quantitative estimate of drug-likeness (QED) is 0.711. The van der Waals surface area contributed by atoms with E-state index in [4.69, 9.17) is 19.6 Å². The van der Waals surface area contributed by atoms with E-state index < -0.39 is 46.6 Å². The predicted molar refractivity (Wildman–Crippen MR) is 105 cm³/mol. The van der Waals surface area contributed by atoms with Gasteiger partial charge in [0.15, 0.2) is 0 Å². The van der Waals surface area contributed by atoms with Gasteiger partial charge in [-0.05, 0) is 45.0 Å². The third kappa shape index (κ3) is 2.74. The fraction of sp³-hybridized carbons (Fsp3) is 0.545. The molecule has 1 amide bonds. The molecular formula is C22H22F3N3O4. The van der Waals surface area contributed by atoms with Crippen LogP contribution in [0.25, 0.3) is 0 Å². The van der Waals surface area contributed by atoms with Crippen LogP contribution in [-0.4, -0.2) is 36.0 Å². The number of amides is 1. The Morgan fingerprint density at radius 1 is 1.38 bits per heavy atom. The Hall–Kier alpha value is -2.61. The monoisotopic (exact) mass is 449 g/mol. The molecule has 170 valence electrons. The van der Waals surface area contributed by atoms with Crippen molar-refractivity contribution in [1.82, 2.24) is 5.48 Å². The lowest BCUT2D eigenvalue weighted by Crippen LogP contribution is -2.54. The molecule has 3 fully saturated rings. The van der Waals surface area contributed by atoms with Gasteiger partial charge in [0, 0.05) is 12.1 Å². The molecule has 4 heterocycles. The lowest BCUT2D eigenvalue weighted by Gasteiger charge is -2.43. The summed E-state index contributed by atoms with van der Waals surface area (Å²) in [6.07, 6.45) is -3.27. The van der Waals surface area contributed by atoms with Crippen LogP contribution in [0.5, 0.6) is 0 Å². The molecule has 0 radical (unpaired) electrons. The number of benzene rings is 1. The van der Waals surface area contributed by atoms with Gasteiger partial charge in [-0.2, -0.15) is 18.4 Å². The van der Waals surface area contributed by atoms with Crippen LogP contribution in [-0.2, 0) is 25.3 Å². The van der Waals surface area contributed by atoms with E-state index in [1.54, 1.807) is 13.0 Å². The molecule has 4 aliphatic rings. The van der Waals surface area contributed by atoms with Crippen LogP contribution in [0.3, 0.4) is 0 Å². The number of hydrogen-bond donors (Lipinski definition) is 1. The molecule has 1 aromatic rings. The van der Waals surface area contributed by atoms with Gasteiger partial charge < -0.3 is 9.47 Å². The summed E-state index contributed by atoms with van der Waals surface area (Å²) >= 11 is 0. The number of nitrogens with one attached hydrogen (secondary N) is 1. The SMILES string of the molecule is CC(C)ONC1=C[C@@]2(C)O[C@@]13CCO[C@H]1[C@@H]3[C@@H]2C(=O)N1c1ccc(C#N)c(C(F)(F)F)c1. The minimum atomic E-state index is -4.73. The standard InChI is InChI=1S/C22H22F3N3O4/c1-11(2)31-27-15-9-20(3)16-17-19(30-7-6-21(15,17)32-20)28(18(16)29)13-5-4-12(10-26)14(8-13)22(23,24)25/h4-5,8-9,11,16-17,19,27H,6-7H2,1-3H3/t16-,17+,19+,20-,21+/m1/s1. The molecule has 5 atom stereocenters. The Morgan fingerprint density at radius 2 is 2.12 bits per heavy atom. The van der Waals surface area contributed by atoms with E-state index in [9.17, 15) is 18.0 Å². The first-order chi connectivity index (χ1) is 15.0. The van der Waals surface area contributed by atoms with E-state index in [2.05, 4.69) is 5.48 Å². The Balaban J connectivity index is 1.56. The van der Waals surface area contributed by atoms with Crippen LogP contribution in [0.15, 0.2) is 30.0 Å². The molecule has 0 aliphatic carbocycles. The third-order valence-electron chi connectivity index (χ3n) is 6.74. The predicted octanol–water partition coefficient (Wildman–Crippen LogP) is 3.26. The van der Waals surface area contributed by atoms with Crippen LogP contribution >= 0.6 is 0 Å². The summed E-state index contributed by atoms with van der Waals surface area (Å²) in [6.45, 7) is 5.82. The van der Waals surface area contributed by atoms with Crippen molar-refractivity contribution in [3.05, 3.63) is 41.1 Å². The van der Waals surface area contributed by atoms with E-state index >= 15 is 0 Å². The van der Waals surface area contributed by atoms with E-state index in [0.717, 1.165) is 12.1 Å². The van der Waals surface area contributed by atoms with Crippen molar-refractivity contribution >= 4 is 11.6 Å². The second-order valence-electron chi connectivity index (χ2n) is 9.06. The van der Waals surface area contributed by atoms with Crippen LogP contribution in [0, 0.1) is 23.2 Å². The average Bonchev–Trinajstić information content (AvgIpc) is 3.29. The molecular weight excluding hydrogens is 427 g/mol. The zero-order valence-electron chi connectivity index (χ0n) is 17.7. The molecule has 10 heteroatoms. The molecule has 1 aromatic carbocycles. The van der Waals surface area contributed by atoms with E-state index in [-0.39, 0.29) is 24.3 Å². The molecule has 1 spiro atoms. The average molecular weight is 449 g/mol. The van der Waals surface area contributed by atoms with Crippen molar-refractivity contribution in [2.75, 3.05) is 11.5 Å². The smallest absolute Gasteiger partial charge is 0.357 e. The number of nitrogens with zero attached hydrogens (tertiary/aromatic N) is 2. The highest BCUT2D eigenvalue weighted by Gasteiger charge is 2.76. The number of hydroxylamine groups is 1. The lowest BCUT2D eigenvalue weighted by molar-refractivity contribution is -0.141. The number of rotatable bonds is 4. The zero-order valence-corrected chi connectivity index (χ0v) is 17.7. The first kappa shape index (κ1) is 21.2. The Labute approximate surface area is 182 Å². The van der Waals surface area contributed by atoms with E-state index in [1.807, 2.05) is 19.9 Å². The highest BCUT2D eigenvalue weighted by Crippen LogP contribution is 2.64. The number of alkyl halides is 3. The number of ether oxygens (including phenoxy) is 2. The Morgan fingerprint density at radius 3 is 2.78 bits per heavy atom. The number of halogens is 3. The van der Waals surface area contributed by atoms with Crippen molar-refractivity contribution in [3.63, 3.8) is 0 Å². The van der Waals surface area contributed by atoms with Crippen LogP contribution < -0.4 is 10.4 Å². The number of carbonyl (C=O) groups is 1. The molecule has 32 heavy (non-hydrogen) atoms. The number of hydrogen-bond acceptors (Lipinski definition) is 6. The molecule has 4 aliphatic heterocycles. The summed E-state index contributed by atoms with van der Waals surface area (Å²) < 4.78 is 53.0. The maximum absolute atomic E-state index is 13.5. The second-order valence-corrected chi connectivity index (χ2v) is 9.06. The number of anilines is 1. The molecule has 3 saturated heterocycles. The van der Waals surface area contributed by atoms with E-state index in [0.29, 0.717) is 12.1 Å². The van der Waals surface area contributed by atoms with Crippen molar-refractivity contribution in [3.8, 4) is 6.07 Å². The second kappa shape index (κ2) is 6.70. The first-order valence-corrected chi connectivity index (χ1v) is 10.4. The fourth-order valence-electron chi connectivity index (χ4n) is 5.59. The van der Waals surface area contributed by atoms with Crippen LogP contribution in [0.4, 0.5) is 18.9 Å². The van der Waals surface area contributed by atoms with E-state index in [1.165, 1.54) is 11.0 Å². The number of nitriles is 1. The van der Waals surface area contributed by atoms with Crippen molar-refractivity contribution in [2.24, 2.45) is 11.8 Å². The first-order valence-electron chi connectivity index (χ1n) is 10.4. The van der Waals surface area contributed by atoms with Gasteiger partial charge in [-0.25, -0.2) is 0 Å². The topological polar surface area (TPSA) is 83.8 Å². The van der Waals surface area contributed by atoms with Crippen molar-refractivity contribution < 1.29 is 32.3 Å². The summed E-state index contributed by atoms with van der Waals surface area (Å²) in [5.74, 6) is -1.38. The molecule has 0 aromatic heterocycles. The third-order valence-corrected chi connectivity index (χ3v) is 6.74. The zero-order chi connectivity index (χ0) is 23.1. The summed E-state index contributed by atoms with van der Waals surface area (Å²) in [4.78, 5) is 20.4. The summed E-state index contributed by atoms with van der Waals surface area (Å²) in [7, 11) is 0. The van der Waals surface area contributed by atoms with Gasteiger partial charge in [-0.3, -0.25) is 20.0 Å². The Kier molecular flexibility index (Phi) is 4.45. The van der Waals surface area contributed by atoms with Gasteiger partial charge in [-0.15, -0.1) is 0 Å². The van der Waals surface area contributed by atoms with Crippen molar-refractivity contribution in [1.29, 1.82) is 5.26 Å². The van der Waals surface area contributed by atoms with Gasteiger partial charge in [0.25, 0.3) is 0 Å². The highest BCUT2D eigenvalue weighted by atomic mass is 19.4. The van der Waals surface area contributed by atoms with Gasteiger partial charge >= 0.3 is 6.18 Å². The maximum Gasteiger partial charge on any atom is 0.417 e. The minimum Gasteiger partial charge on any atom is -0.357 e. The number of fused-ring (bicyclic) bond motifs is 2. The molecule has 1 N–H and O–H groups in total. The number of carbonyl (C=O) groups excluding carboxylic acids is 1. The largest absolute Gasteiger partial charge is 0.417 e. The minimum absolute atomic E-state index is 0.0497. The van der Waals surface area contributed by atoms with Gasteiger partial charge in [0.05, 0.1) is 53.0 Å². The molecule has 0 unspecified atom stereocenters. The van der Waals surface area contributed by atoms with Crippen LogP contribution in [0.1, 0.15) is 38.3 Å². The normalized spacial score (nSPS) is 35.2. The summed E-state index contributed by atoms with van der Waals surface area (Å²) in [6, 6.07) is 4.86. The van der Waals surface area contributed by atoms with Gasteiger partial charge in [0.1, 0.15) is 11.8 Å². The van der Waals surface area contributed by atoms with Crippen molar-refractivity contribution in [2.45, 2.75) is 56.9 Å². The van der Waals surface area contributed by atoms with Gasteiger partial charge in [-0.1, -0.05) is 0 Å². The highest BCUT2D eigenvalue weighted by molar-refractivity contribution is 6.00. The maximum atomic E-state index is 13.5. The Bertz CT molecular complexity index is 1070. The molecule has 5 rings (SSSR count). The van der Waals surface area contributed by atoms with Crippen LogP contribution in [0.2, 0.25) is 0 Å². The fourth-order valence-corrected chi connectivity index (χ4v) is 5.59. The summed E-state index contributed by atoms with van der Waals surface area (Å²) in [5.41, 5.74) is 0.380. The summed E-state index contributed by atoms with van der Waals surface area (Å²) in [5, 5.41) is 9.10. The van der Waals surface area contributed by atoms with Gasteiger partial charge in [0.2, 0.25) is 5.91 Å². The lowest BCUT2D eigenvalue weighted by atomic mass is 9.68. The molecule has 7 nitrogen and oxygen atoms in total. The molecule has 0 saturated carbocycles. The molecule has 2 bridgehead atoms.